The minimum Gasteiger partial charge on any atom is -0.480 e. The maximum absolute atomic E-state index is 13.0. The van der Waals surface area contributed by atoms with Crippen LogP contribution in [0.4, 0.5) is 0 Å². The van der Waals surface area contributed by atoms with Crippen molar-refractivity contribution in [2.24, 2.45) is 11.5 Å². The number of carbonyl (C=O) groups is 4. The Kier molecular flexibility index (Phi) is 10.6. The Balaban J connectivity index is 2.03. The van der Waals surface area contributed by atoms with Gasteiger partial charge in [-0.3, -0.25) is 14.4 Å². The van der Waals surface area contributed by atoms with Crippen LogP contribution in [0.1, 0.15) is 37.8 Å². The summed E-state index contributed by atoms with van der Waals surface area (Å²) in [4.78, 5) is 57.9. The van der Waals surface area contributed by atoms with Gasteiger partial charge in [-0.15, -0.1) is 0 Å². The summed E-state index contributed by atoms with van der Waals surface area (Å²) in [5, 5.41) is 14.6. The number of H-pyrrole nitrogens is 1. The van der Waals surface area contributed by atoms with Gasteiger partial charge in [0.05, 0.1) is 12.4 Å². The van der Waals surface area contributed by atoms with Crippen LogP contribution in [0.3, 0.4) is 0 Å². The fourth-order valence-electron chi connectivity index (χ4n) is 3.71. The number of unbranched alkanes of at least 4 members (excludes halogenated alkanes) is 1. The summed E-state index contributed by atoms with van der Waals surface area (Å²) < 4.78 is 0. The van der Waals surface area contributed by atoms with Crippen molar-refractivity contribution in [3.63, 3.8) is 0 Å². The number of nitrogens with two attached hydrogens (primary N) is 2. The van der Waals surface area contributed by atoms with Crippen LogP contribution in [0.5, 0.6) is 0 Å². The van der Waals surface area contributed by atoms with E-state index < -0.39 is 47.9 Å². The second kappa shape index (κ2) is 13.2. The molecule has 3 amide bonds. The molecule has 1 saturated heterocycles. The number of nitrogens with one attached hydrogen (secondary N) is 3. The van der Waals surface area contributed by atoms with Crippen molar-refractivity contribution in [3.8, 4) is 0 Å². The van der Waals surface area contributed by atoms with Gasteiger partial charge in [0.25, 0.3) is 0 Å². The molecule has 1 aromatic rings. The first kappa shape index (κ1) is 26.6. The van der Waals surface area contributed by atoms with E-state index in [-0.39, 0.29) is 12.2 Å². The number of carboxylic acids is 1. The van der Waals surface area contributed by atoms with E-state index in [9.17, 15) is 24.3 Å². The van der Waals surface area contributed by atoms with Gasteiger partial charge < -0.3 is 37.1 Å². The molecule has 12 nitrogen and oxygen atoms in total. The summed E-state index contributed by atoms with van der Waals surface area (Å²) in [6, 6.07) is -3.77. The second-order valence-corrected chi connectivity index (χ2v) is 8.37. The third-order valence-corrected chi connectivity index (χ3v) is 5.89. The van der Waals surface area contributed by atoms with Gasteiger partial charge in [0, 0.05) is 30.6 Å². The molecular formula is C20H33N7O5S. The highest BCUT2D eigenvalue weighted by molar-refractivity contribution is 7.80. The van der Waals surface area contributed by atoms with E-state index in [1.54, 1.807) is 6.20 Å². The molecule has 4 unspecified atom stereocenters. The number of likely N-dealkylation sites (tertiary alicyclic amines) is 1. The SMILES string of the molecule is NCCCCC(NC(=O)C(N)Cc1cnc[nH]1)C(=O)NC(CS)C(=O)N1CCCC1C(=O)O. The average Bonchev–Trinajstić information content (AvgIpc) is 3.48. The molecule has 2 rings (SSSR count). The Morgan fingerprint density at radius 3 is 2.58 bits per heavy atom. The highest BCUT2D eigenvalue weighted by Crippen LogP contribution is 2.19. The molecule has 0 aliphatic carbocycles. The number of aliphatic carboxylic acids is 1. The van der Waals surface area contributed by atoms with Crippen molar-refractivity contribution in [2.75, 3.05) is 18.8 Å². The first-order valence-electron chi connectivity index (χ1n) is 11.0. The Morgan fingerprint density at radius 2 is 1.97 bits per heavy atom. The normalized spacial score (nSPS) is 18.4. The molecule has 4 atom stereocenters. The zero-order valence-electron chi connectivity index (χ0n) is 18.4. The van der Waals surface area contributed by atoms with Crippen LogP contribution >= 0.6 is 12.6 Å². The molecule has 13 heteroatoms. The van der Waals surface area contributed by atoms with Crippen LogP contribution in [0.2, 0.25) is 0 Å². The average molecular weight is 484 g/mol. The smallest absolute Gasteiger partial charge is 0.326 e. The minimum absolute atomic E-state index is 0.0176. The van der Waals surface area contributed by atoms with Crippen molar-refractivity contribution in [3.05, 3.63) is 18.2 Å². The van der Waals surface area contributed by atoms with E-state index in [0.717, 1.165) is 0 Å². The fraction of sp³-hybridized carbons (Fsp3) is 0.650. The standard InChI is InChI=1S/C20H33N7O5S/c21-6-2-1-4-14(25-17(28)13(22)8-12-9-23-11-24-12)18(29)26-15(10-33)19(30)27-7-3-5-16(27)20(31)32/h9,11,13-16,33H,1-8,10,21-22H2,(H,23,24)(H,25,28)(H,26,29)(H,31,32). The van der Waals surface area contributed by atoms with E-state index in [4.69, 9.17) is 11.5 Å². The van der Waals surface area contributed by atoms with Gasteiger partial charge in [-0.1, -0.05) is 0 Å². The molecule has 33 heavy (non-hydrogen) atoms. The zero-order valence-corrected chi connectivity index (χ0v) is 19.3. The van der Waals surface area contributed by atoms with Crippen LogP contribution in [-0.4, -0.2) is 86.7 Å². The van der Waals surface area contributed by atoms with Crippen LogP contribution in [-0.2, 0) is 25.6 Å². The van der Waals surface area contributed by atoms with Gasteiger partial charge in [-0.2, -0.15) is 12.6 Å². The monoisotopic (exact) mass is 483 g/mol. The predicted molar refractivity (Wildman–Crippen MR) is 123 cm³/mol. The van der Waals surface area contributed by atoms with Crippen molar-refractivity contribution >= 4 is 36.3 Å². The molecule has 0 aromatic carbocycles. The molecule has 0 radical (unpaired) electrons. The molecule has 1 fully saturated rings. The minimum atomic E-state index is -1.08. The first-order valence-corrected chi connectivity index (χ1v) is 11.6. The summed E-state index contributed by atoms with van der Waals surface area (Å²) in [5.74, 6) is -2.69. The van der Waals surface area contributed by atoms with Crippen molar-refractivity contribution in [1.82, 2.24) is 25.5 Å². The van der Waals surface area contributed by atoms with Crippen molar-refractivity contribution in [1.29, 1.82) is 0 Å². The second-order valence-electron chi connectivity index (χ2n) is 8.00. The van der Waals surface area contributed by atoms with Gasteiger partial charge in [-0.05, 0) is 38.6 Å². The Hall–Kier alpha value is -2.64. The van der Waals surface area contributed by atoms with Crippen molar-refractivity contribution in [2.45, 2.75) is 62.7 Å². The predicted octanol–water partition coefficient (Wildman–Crippen LogP) is -1.62. The first-order chi connectivity index (χ1) is 15.8. The van der Waals surface area contributed by atoms with E-state index in [1.165, 1.54) is 11.2 Å². The number of imidazole rings is 1. The van der Waals surface area contributed by atoms with Gasteiger partial charge >= 0.3 is 5.97 Å². The Morgan fingerprint density at radius 1 is 1.24 bits per heavy atom. The number of hydrogen-bond acceptors (Lipinski definition) is 8. The van der Waals surface area contributed by atoms with E-state index >= 15 is 0 Å². The van der Waals surface area contributed by atoms with E-state index in [1.807, 2.05) is 0 Å². The molecule has 8 N–H and O–H groups in total. The fourth-order valence-corrected chi connectivity index (χ4v) is 3.96. The molecule has 184 valence electrons. The lowest BCUT2D eigenvalue weighted by Crippen LogP contribution is -2.57. The summed E-state index contributed by atoms with van der Waals surface area (Å²) in [6.07, 6.45) is 5.73. The number of rotatable bonds is 13. The maximum Gasteiger partial charge on any atom is 0.326 e. The molecule has 0 saturated carbocycles. The summed E-state index contributed by atoms with van der Waals surface area (Å²) in [6.45, 7) is 0.736. The van der Waals surface area contributed by atoms with E-state index in [0.29, 0.717) is 50.9 Å². The number of carboxylic acid groups (broad SMARTS) is 1. The lowest BCUT2D eigenvalue weighted by molar-refractivity contribution is -0.149. The highest BCUT2D eigenvalue weighted by Gasteiger charge is 2.38. The molecule has 1 aliphatic rings. The highest BCUT2D eigenvalue weighted by atomic mass is 32.1. The van der Waals surface area contributed by atoms with Gasteiger partial charge in [0.15, 0.2) is 0 Å². The Labute approximate surface area is 197 Å². The summed E-state index contributed by atoms with van der Waals surface area (Å²) in [5.41, 5.74) is 12.2. The maximum atomic E-state index is 13.0. The molecule has 1 aliphatic heterocycles. The number of thiol groups is 1. The number of amides is 3. The molecule has 0 bridgehead atoms. The number of aromatic nitrogens is 2. The molecule has 2 heterocycles. The lowest BCUT2D eigenvalue weighted by Gasteiger charge is -2.28. The molecule has 0 spiro atoms. The zero-order chi connectivity index (χ0) is 24.4. The topological polar surface area (TPSA) is 197 Å². The van der Waals surface area contributed by atoms with Crippen LogP contribution in [0.25, 0.3) is 0 Å². The largest absolute Gasteiger partial charge is 0.480 e. The molecular weight excluding hydrogens is 450 g/mol. The van der Waals surface area contributed by atoms with Crippen LogP contribution in [0, 0.1) is 0 Å². The summed E-state index contributed by atoms with van der Waals surface area (Å²) >= 11 is 4.17. The third-order valence-electron chi connectivity index (χ3n) is 5.53. The van der Waals surface area contributed by atoms with Gasteiger partial charge in [-0.25, -0.2) is 9.78 Å². The summed E-state index contributed by atoms with van der Waals surface area (Å²) in [7, 11) is 0. The number of carbonyl (C=O) groups excluding carboxylic acids is 3. The van der Waals surface area contributed by atoms with Crippen LogP contribution < -0.4 is 22.1 Å². The van der Waals surface area contributed by atoms with E-state index in [2.05, 4.69) is 33.2 Å². The number of hydrogen-bond donors (Lipinski definition) is 7. The lowest BCUT2D eigenvalue weighted by atomic mass is 10.1. The Bertz CT molecular complexity index is 807. The number of nitrogens with zero attached hydrogens (tertiary/aromatic N) is 2. The van der Waals surface area contributed by atoms with Gasteiger partial charge in [0.2, 0.25) is 17.7 Å². The van der Waals surface area contributed by atoms with Crippen molar-refractivity contribution < 1.29 is 24.3 Å². The third kappa shape index (κ3) is 7.72. The quantitative estimate of drug-likeness (QED) is 0.128. The molecule has 1 aromatic heterocycles. The number of aromatic amines is 1. The van der Waals surface area contributed by atoms with Crippen LogP contribution in [0.15, 0.2) is 12.5 Å². The van der Waals surface area contributed by atoms with Gasteiger partial charge in [0.1, 0.15) is 18.1 Å².